The van der Waals surface area contributed by atoms with Crippen LogP contribution in [0.15, 0.2) is 47.1 Å². The maximum Gasteiger partial charge on any atom is -0.00838 e. The fraction of sp³-hybridized carbons (Fsp3) is 0.429. The van der Waals surface area contributed by atoms with Crippen molar-refractivity contribution in [2.24, 2.45) is 11.8 Å². The van der Waals surface area contributed by atoms with Crippen molar-refractivity contribution in [3.05, 3.63) is 47.1 Å². The van der Waals surface area contributed by atoms with Crippen molar-refractivity contribution >= 4 is 0 Å². The molecule has 2 atom stereocenters. The highest BCUT2D eigenvalue weighted by Gasteiger charge is 2.31. The summed E-state index contributed by atoms with van der Waals surface area (Å²) in [5.74, 6) is 1.55. The minimum atomic E-state index is 0.748. The molecule has 0 aliphatic heterocycles. The van der Waals surface area contributed by atoms with Crippen LogP contribution in [0.5, 0.6) is 0 Å². The minimum Gasteiger partial charge on any atom is -0.0839 e. The van der Waals surface area contributed by atoms with E-state index in [-0.39, 0.29) is 0 Å². The van der Waals surface area contributed by atoms with E-state index in [1.165, 1.54) is 19.3 Å². The highest BCUT2D eigenvalue weighted by molar-refractivity contribution is 5.53. The third kappa shape index (κ3) is 1.06. The summed E-state index contributed by atoms with van der Waals surface area (Å²) >= 11 is 0. The number of hydrogen-bond acceptors (Lipinski definition) is 0. The molecule has 0 radical (unpaired) electrons. The van der Waals surface area contributed by atoms with Crippen LogP contribution in [-0.4, -0.2) is 0 Å². The van der Waals surface area contributed by atoms with Gasteiger partial charge in [-0.2, -0.15) is 0 Å². The second-order valence-corrected chi connectivity index (χ2v) is 4.66. The summed E-state index contributed by atoms with van der Waals surface area (Å²) in [5, 5.41) is 0. The molecule has 3 rings (SSSR count). The van der Waals surface area contributed by atoms with Crippen molar-refractivity contribution in [2.75, 3.05) is 0 Å². The van der Waals surface area contributed by atoms with Gasteiger partial charge in [0, 0.05) is 0 Å². The topological polar surface area (TPSA) is 0 Å². The summed E-state index contributed by atoms with van der Waals surface area (Å²) in [7, 11) is 0. The van der Waals surface area contributed by atoms with Gasteiger partial charge in [0.15, 0.2) is 0 Å². The molecule has 0 amide bonds. The second-order valence-electron chi connectivity index (χ2n) is 4.66. The van der Waals surface area contributed by atoms with E-state index in [9.17, 15) is 0 Å². The third-order valence-corrected chi connectivity index (χ3v) is 3.70. The van der Waals surface area contributed by atoms with E-state index in [0.29, 0.717) is 0 Å². The first kappa shape index (κ1) is 8.28. The standard InChI is InChI=1S/C14H16/c1-10-5-4-7-12-9-11-6-2-3-8-13(11)14(10)12/h2-4,7-8,10-11H,5-6,9H2,1H3. The van der Waals surface area contributed by atoms with Crippen LogP contribution in [0.2, 0.25) is 0 Å². The summed E-state index contributed by atoms with van der Waals surface area (Å²) in [6, 6.07) is 0. The maximum atomic E-state index is 2.36. The second kappa shape index (κ2) is 2.98. The molecule has 0 aromatic rings. The lowest BCUT2D eigenvalue weighted by molar-refractivity contribution is 0.639. The predicted molar refractivity (Wildman–Crippen MR) is 59.9 cm³/mol. The summed E-state index contributed by atoms with van der Waals surface area (Å²) < 4.78 is 0. The normalized spacial score (nSPS) is 34.2. The van der Waals surface area contributed by atoms with Crippen molar-refractivity contribution in [1.29, 1.82) is 0 Å². The first-order valence-corrected chi connectivity index (χ1v) is 5.63. The Morgan fingerprint density at radius 2 is 2.14 bits per heavy atom. The van der Waals surface area contributed by atoms with E-state index >= 15 is 0 Å². The summed E-state index contributed by atoms with van der Waals surface area (Å²) in [6.07, 6.45) is 15.3. The average molecular weight is 184 g/mol. The molecule has 0 saturated carbocycles. The summed E-state index contributed by atoms with van der Waals surface area (Å²) in [6.45, 7) is 2.36. The fourth-order valence-corrected chi connectivity index (χ4v) is 3.03. The van der Waals surface area contributed by atoms with Crippen LogP contribution in [0.4, 0.5) is 0 Å². The molecule has 0 heterocycles. The van der Waals surface area contributed by atoms with Crippen LogP contribution >= 0.6 is 0 Å². The molecule has 0 aromatic heterocycles. The van der Waals surface area contributed by atoms with Crippen molar-refractivity contribution in [2.45, 2.75) is 26.2 Å². The molecule has 0 fully saturated rings. The monoisotopic (exact) mass is 184 g/mol. The van der Waals surface area contributed by atoms with E-state index in [1.54, 1.807) is 16.7 Å². The fourth-order valence-electron chi connectivity index (χ4n) is 3.03. The van der Waals surface area contributed by atoms with Gasteiger partial charge in [-0.15, -0.1) is 0 Å². The van der Waals surface area contributed by atoms with Crippen LogP contribution in [0.1, 0.15) is 26.2 Å². The van der Waals surface area contributed by atoms with Gasteiger partial charge in [-0.05, 0) is 47.8 Å². The van der Waals surface area contributed by atoms with Crippen LogP contribution in [0.3, 0.4) is 0 Å². The lowest BCUT2D eigenvalue weighted by Crippen LogP contribution is -2.06. The van der Waals surface area contributed by atoms with Gasteiger partial charge in [0.05, 0.1) is 0 Å². The number of fused-ring (bicyclic) bond motifs is 2. The smallest absolute Gasteiger partial charge is 0.00838 e. The zero-order valence-electron chi connectivity index (χ0n) is 8.66. The van der Waals surface area contributed by atoms with E-state index in [1.807, 2.05) is 0 Å². The minimum absolute atomic E-state index is 0.748. The highest BCUT2D eigenvalue weighted by Crippen LogP contribution is 2.46. The Morgan fingerprint density at radius 1 is 1.21 bits per heavy atom. The van der Waals surface area contributed by atoms with Gasteiger partial charge in [0.25, 0.3) is 0 Å². The van der Waals surface area contributed by atoms with E-state index in [0.717, 1.165) is 11.8 Å². The van der Waals surface area contributed by atoms with Crippen molar-refractivity contribution < 1.29 is 0 Å². The number of rotatable bonds is 0. The van der Waals surface area contributed by atoms with Crippen LogP contribution in [-0.2, 0) is 0 Å². The van der Waals surface area contributed by atoms with E-state index in [4.69, 9.17) is 0 Å². The molecule has 3 aliphatic rings. The first-order chi connectivity index (χ1) is 6.86. The molecule has 0 nitrogen and oxygen atoms in total. The maximum absolute atomic E-state index is 2.36. The molecule has 14 heavy (non-hydrogen) atoms. The number of hydrogen-bond donors (Lipinski definition) is 0. The van der Waals surface area contributed by atoms with Gasteiger partial charge < -0.3 is 0 Å². The Bertz CT molecular complexity index is 377. The molecule has 72 valence electrons. The van der Waals surface area contributed by atoms with Gasteiger partial charge in [-0.1, -0.05) is 37.3 Å². The molecule has 0 aromatic carbocycles. The summed E-state index contributed by atoms with van der Waals surface area (Å²) in [4.78, 5) is 0. The SMILES string of the molecule is CC1CC=CC2=C1C1=CC=CCC1C2. The quantitative estimate of drug-likeness (QED) is 0.537. The first-order valence-electron chi connectivity index (χ1n) is 5.63. The molecule has 0 heteroatoms. The van der Waals surface area contributed by atoms with E-state index < -0.39 is 0 Å². The molecule has 0 N–H and O–H groups in total. The molecule has 0 saturated heterocycles. The average Bonchev–Trinajstić information content (AvgIpc) is 2.57. The summed E-state index contributed by atoms with van der Waals surface area (Å²) in [5.41, 5.74) is 4.92. The molecule has 2 unspecified atom stereocenters. The van der Waals surface area contributed by atoms with Gasteiger partial charge in [-0.3, -0.25) is 0 Å². The van der Waals surface area contributed by atoms with Crippen LogP contribution < -0.4 is 0 Å². The highest BCUT2D eigenvalue weighted by atomic mass is 14.4. The lowest BCUT2D eigenvalue weighted by Gasteiger charge is -2.20. The van der Waals surface area contributed by atoms with Gasteiger partial charge >= 0.3 is 0 Å². The Morgan fingerprint density at radius 3 is 3.07 bits per heavy atom. The van der Waals surface area contributed by atoms with Crippen LogP contribution in [0.25, 0.3) is 0 Å². The number of allylic oxidation sites excluding steroid dienone is 8. The predicted octanol–water partition coefficient (Wildman–Crippen LogP) is 3.79. The Hall–Kier alpha value is -1.04. The Balaban J connectivity index is 2.08. The largest absolute Gasteiger partial charge is 0.0839 e. The molecular weight excluding hydrogens is 168 g/mol. The van der Waals surface area contributed by atoms with Gasteiger partial charge in [-0.25, -0.2) is 0 Å². The zero-order valence-corrected chi connectivity index (χ0v) is 8.66. The Kier molecular flexibility index (Phi) is 1.76. The lowest BCUT2D eigenvalue weighted by atomic mass is 9.84. The Labute approximate surface area is 85.7 Å². The molecular formula is C14H16. The van der Waals surface area contributed by atoms with Crippen LogP contribution in [0, 0.1) is 11.8 Å². The molecule has 0 bridgehead atoms. The van der Waals surface area contributed by atoms with Crippen molar-refractivity contribution in [3.63, 3.8) is 0 Å². The molecule has 3 aliphatic carbocycles. The van der Waals surface area contributed by atoms with Crippen molar-refractivity contribution in [1.82, 2.24) is 0 Å². The van der Waals surface area contributed by atoms with E-state index in [2.05, 4.69) is 37.3 Å². The molecule has 0 spiro atoms. The third-order valence-electron chi connectivity index (χ3n) is 3.70. The van der Waals surface area contributed by atoms with Gasteiger partial charge in [0.1, 0.15) is 0 Å². The van der Waals surface area contributed by atoms with Gasteiger partial charge in [0.2, 0.25) is 0 Å². The van der Waals surface area contributed by atoms with Crippen molar-refractivity contribution in [3.8, 4) is 0 Å². The zero-order chi connectivity index (χ0) is 9.54.